The highest BCUT2D eigenvalue weighted by Gasteiger charge is 2.11. The summed E-state index contributed by atoms with van der Waals surface area (Å²) in [6.07, 6.45) is 3.01. The quantitative estimate of drug-likeness (QED) is 0.780. The van der Waals surface area contributed by atoms with Gasteiger partial charge in [0.15, 0.2) is 0 Å². The molecule has 0 bridgehead atoms. The van der Waals surface area contributed by atoms with Crippen LogP contribution in [0.2, 0.25) is 0 Å². The molecule has 2 aromatic heterocycles. The number of anilines is 1. The van der Waals surface area contributed by atoms with Crippen LogP contribution < -0.4 is 5.32 Å². The van der Waals surface area contributed by atoms with Crippen molar-refractivity contribution in [2.24, 2.45) is 0 Å². The maximum absolute atomic E-state index is 5.39. The second-order valence-corrected chi connectivity index (χ2v) is 4.66. The van der Waals surface area contributed by atoms with Crippen molar-refractivity contribution in [2.75, 3.05) is 5.32 Å². The van der Waals surface area contributed by atoms with E-state index in [4.69, 9.17) is 8.83 Å². The molecule has 2 heterocycles. The van der Waals surface area contributed by atoms with Gasteiger partial charge in [-0.25, -0.2) is 0 Å². The topological polar surface area (TPSA) is 64.1 Å². The number of aromatic nitrogens is 2. The molecule has 0 aliphatic rings. The zero-order valence-corrected chi connectivity index (χ0v) is 11.3. The van der Waals surface area contributed by atoms with Crippen LogP contribution in [0.4, 0.5) is 5.69 Å². The number of hydrogen-bond acceptors (Lipinski definition) is 5. The Morgan fingerprint density at radius 1 is 1.20 bits per heavy atom. The van der Waals surface area contributed by atoms with E-state index in [-0.39, 0.29) is 6.04 Å². The molecule has 0 aliphatic carbocycles. The molecule has 0 saturated heterocycles. The van der Waals surface area contributed by atoms with E-state index in [1.54, 1.807) is 6.26 Å². The molecule has 1 N–H and O–H groups in total. The predicted octanol–water partition coefficient (Wildman–Crippen LogP) is 3.81. The minimum atomic E-state index is 0.109. The van der Waals surface area contributed by atoms with Gasteiger partial charge in [0.25, 0.3) is 0 Å². The minimum Gasteiger partial charge on any atom is -0.467 e. The minimum absolute atomic E-state index is 0.109. The van der Waals surface area contributed by atoms with Crippen molar-refractivity contribution >= 4 is 5.69 Å². The number of nitrogens with zero attached hydrogens (tertiary/aromatic N) is 2. The summed E-state index contributed by atoms with van der Waals surface area (Å²) >= 11 is 0. The maximum Gasteiger partial charge on any atom is 0.247 e. The van der Waals surface area contributed by atoms with E-state index in [0.717, 1.165) is 22.6 Å². The molecule has 3 rings (SSSR count). The van der Waals surface area contributed by atoms with Crippen LogP contribution >= 0.6 is 0 Å². The summed E-state index contributed by atoms with van der Waals surface area (Å²) in [5.41, 5.74) is 3.08. The first kappa shape index (κ1) is 12.5. The second kappa shape index (κ2) is 5.21. The zero-order chi connectivity index (χ0) is 13.9. The Hall–Kier alpha value is -2.56. The lowest BCUT2D eigenvalue weighted by molar-refractivity contribution is 0.490. The van der Waals surface area contributed by atoms with Gasteiger partial charge in [0.05, 0.1) is 12.3 Å². The largest absolute Gasteiger partial charge is 0.467 e. The van der Waals surface area contributed by atoms with Crippen LogP contribution in [0.25, 0.3) is 11.5 Å². The van der Waals surface area contributed by atoms with Crippen molar-refractivity contribution in [1.82, 2.24) is 10.2 Å². The SMILES string of the molecule is Cc1cc(-c2nnco2)ccc1NC(C)c1ccco1. The molecule has 5 nitrogen and oxygen atoms in total. The van der Waals surface area contributed by atoms with Gasteiger partial charge in [-0.1, -0.05) is 0 Å². The summed E-state index contributed by atoms with van der Waals surface area (Å²) in [6, 6.07) is 9.94. The third-order valence-electron chi connectivity index (χ3n) is 3.18. The van der Waals surface area contributed by atoms with Crippen LogP contribution in [0, 0.1) is 6.92 Å². The lowest BCUT2D eigenvalue weighted by Crippen LogP contribution is -2.06. The van der Waals surface area contributed by atoms with Gasteiger partial charge in [-0.3, -0.25) is 0 Å². The molecule has 0 aliphatic heterocycles. The molecule has 1 unspecified atom stereocenters. The molecule has 0 amide bonds. The number of hydrogen-bond donors (Lipinski definition) is 1. The molecule has 0 saturated carbocycles. The van der Waals surface area contributed by atoms with E-state index >= 15 is 0 Å². The van der Waals surface area contributed by atoms with Gasteiger partial charge in [-0.05, 0) is 49.7 Å². The lowest BCUT2D eigenvalue weighted by atomic mass is 10.1. The molecular formula is C15H15N3O2. The highest BCUT2D eigenvalue weighted by atomic mass is 16.4. The molecule has 0 spiro atoms. The first-order chi connectivity index (χ1) is 9.74. The van der Waals surface area contributed by atoms with E-state index in [0.29, 0.717) is 5.89 Å². The molecule has 102 valence electrons. The summed E-state index contributed by atoms with van der Waals surface area (Å²) in [6.45, 7) is 4.10. The van der Waals surface area contributed by atoms with E-state index in [1.807, 2.05) is 37.3 Å². The third-order valence-corrected chi connectivity index (χ3v) is 3.18. The standard InChI is InChI=1S/C15H15N3O2/c1-10-8-12(15-18-16-9-20-15)5-6-13(10)17-11(2)14-4-3-7-19-14/h3-9,11,17H,1-2H3. The number of nitrogens with one attached hydrogen (secondary N) is 1. The summed E-state index contributed by atoms with van der Waals surface area (Å²) < 4.78 is 10.6. The fourth-order valence-corrected chi connectivity index (χ4v) is 2.10. The number of rotatable bonds is 4. The van der Waals surface area contributed by atoms with Gasteiger partial charge in [-0.2, -0.15) is 0 Å². The molecule has 0 fully saturated rings. The van der Waals surface area contributed by atoms with Crippen LogP contribution in [0.15, 0.2) is 51.8 Å². The third kappa shape index (κ3) is 2.42. The number of furan rings is 1. The highest BCUT2D eigenvalue weighted by molar-refractivity contribution is 5.62. The molecular weight excluding hydrogens is 254 g/mol. The van der Waals surface area contributed by atoms with Crippen molar-refractivity contribution in [3.63, 3.8) is 0 Å². The van der Waals surface area contributed by atoms with Crippen molar-refractivity contribution < 1.29 is 8.83 Å². The van der Waals surface area contributed by atoms with Crippen molar-refractivity contribution in [3.05, 3.63) is 54.3 Å². The molecule has 1 aromatic carbocycles. The Bertz CT molecular complexity index is 675. The molecule has 5 heteroatoms. The second-order valence-electron chi connectivity index (χ2n) is 4.66. The highest BCUT2D eigenvalue weighted by Crippen LogP contribution is 2.26. The van der Waals surface area contributed by atoms with E-state index < -0.39 is 0 Å². The summed E-state index contributed by atoms with van der Waals surface area (Å²) in [5, 5.41) is 11.0. The Morgan fingerprint density at radius 3 is 2.75 bits per heavy atom. The Balaban J connectivity index is 1.81. The Kier molecular flexibility index (Phi) is 3.25. The van der Waals surface area contributed by atoms with Crippen LogP contribution in [0.5, 0.6) is 0 Å². The smallest absolute Gasteiger partial charge is 0.247 e. The van der Waals surface area contributed by atoms with Crippen LogP contribution in [0.1, 0.15) is 24.3 Å². The van der Waals surface area contributed by atoms with Gasteiger partial charge in [0, 0.05) is 11.3 Å². The van der Waals surface area contributed by atoms with E-state index in [2.05, 4.69) is 22.4 Å². The Labute approximate surface area is 116 Å². The monoisotopic (exact) mass is 269 g/mol. The molecule has 20 heavy (non-hydrogen) atoms. The Morgan fingerprint density at radius 2 is 2.10 bits per heavy atom. The van der Waals surface area contributed by atoms with Crippen LogP contribution in [-0.4, -0.2) is 10.2 Å². The first-order valence-electron chi connectivity index (χ1n) is 6.41. The van der Waals surface area contributed by atoms with Gasteiger partial charge < -0.3 is 14.2 Å². The summed E-state index contributed by atoms with van der Waals surface area (Å²) in [4.78, 5) is 0. The lowest BCUT2D eigenvalue weighted by Gasteiger charge is -2.15. The number of benzene rings is 1. The number of aryl methyl sites for hydroxylation is 1. The van der Waals surface area contributed by atoms with Gasteiger partial charge in [0.2, 0.25) is 12.3 Å². The average molecular weight is 269 g/mol. The fraction of sp³-hybridized carbons (Fsp3) is 0.200. The van der Waals surface area contributed by atoms with E-state index in [1.165, 1.54) is 6.39 Å². The van der Waals surface area contributed by atoms with E-state index in [9.17, 15) is 0 Å². The van der Waals surface area contributed by atoms with Crippen molar-refractivity contribution in [1.29, 1.82) is 0 Å². The van der Waals surface area contributed by atoms with Crippen molar-refractivity contribution in [3.8, 4) is 11.5 Å². The van der Waals surface area contributed by atoms with Gasteiger partial charge >= 0.3 is 0 Å². The average Bonchev–Trinajstić information content (AvgIpc) is 3.14. The van der Waals surface area contributed by atoms with Crippen molar-refractivity contribution in [2.45, 2.75) is 19.9 Å². The van der Waals surface area contributed by atoms with Gasteiger partial charge in [-0.15, -0.1) is 10.2 Å². The maximum atomic E-state index is 5.39. The first-order valence-corrected chi connectivity index (χ1v) is 6.41. The molecule has 1 atom stereocenters. The summed E-state index contributed by atoms with van der Waals surface area (Å²) in [7, 11) is 0. The molecule has 3 aromatic rings. The van der Waals surface area contributed by atoms with Crippen LogP contribution in [-0.2, 0) is 0 Å². The predicted molar refractivity (Wildman–Crippen MR) is 75.2 cm³/mol. The van der Waals surface area contributed by atoms with Gasteiger partial charge in [0.1, 0.15) is 5.76 Å². The zero-order valence-electron chi connectivity index (χ0n) is 11.3. The summed E-state index contributed by atoms with van der Waals surface area (Å²) in [5.74, 6) is 1.43. The van der Waals surface area contributed by atoms with Crippen LogP contribution in [0.3, 0.4) is 0 Å². The molecule has 0 radical (unpaired) electrons. The fourth-order valence-electron chi connectivity index (χ4n) is 2.10. The normalized spacial score (nSPS) is 12.3.